The summed E-state index contributed by atoms with van der Waals surface area (Å²) in [6, 6.07) is 2.05. The van der Waals surface area contributed by atoms with Gasteiger partial charge in [-0.2, -0.15) is 5.10 Å². The Hall–Kier alpha value is -1.62. The summed E-state index contributed by atoms with van der Waals surface area (Å²) < 4.78 is 1.87. The largest absolute Gasteiger partial charge is 0.334 e. The van der Waals surface area contributed by atoms with Crippen molar-refractivity contribution < 1.29 is 4.79 Å². The molecule has 1 fully saturated rings. The molecule has 1 aromatic heterocycles. The number of nitrogens with zero attached hydrogens (tertiary/aromatic N) is 3. The molecular weight excluding hydrogens is 240 g/mol. The van der Waals surface area contributed by atoms with Crippen molar-refractivity contribution in [2.45, 2.75) is 25.3 Å². The minimum absolute atomic E-state index is 0.152. The van der Waals surface area contributed by atoms with Crippen LogP contribution in [0.1, 0.15) is 24.5 Å². The monoisotopic (exact) mass is 260 g/mol. The number of hydrogen-bond donors (Lipinski definition) is 1. The van der Waals surface area contributed by atoms with Crippen LogP contribution < -0.4 is 5.32 Å². The lowest BCUT2D eigenvalue weighted by atomic mass is 9.96. The third kappa shape index (κ3) is 2.71. The van der Waals surface area contributed by atoms with Crippen molar-refractivity contribution in [2.75, 3.05) is 26.2 Å². The molecule has 3 rings (SSSR count). The van der Waals surface area contributed by atoms with Crippen LogP contribution in [0.3, 0.4) is 0 Å². The van der Waals surface area contributed by atoms with Crippen LogP contribution in [0.15, 0.2) is 24.4 Å². The van der Waals surface area contributed by atoms with E-state index in [2.05, 4.69) is 10.4 Å². The second-order valence-corrected chi connectivity index (χ2v) is 5.23. The van der Waals surface area contributed by atoms with E-state index in [0.717, 1.165) is 26.2 Å². The van der Waals surface area contributed by atoms with Crippen molar-refractivity contribution in [3.05, 3.63) is 30.1 Å². The van der Waals surface area contributed by atoms with Gasteiger partial charge >= 0.3 is 0 Å². The van der Waals surface area contributed by atoms with Crippen LogP contribution in [-0.2, 0) is 11.3 Å². The summed E-state index contributed by atoms with van der Waals surface area (Å²) in [6.45, 7) is 3.93. The Kier molecular flexibility index (Phi) is 3.64. The van der Waals surface area contributed by atoms with E-state index < -0.39 is 0 Å². The Morgan fingerprint density at radius 3 is 3.00 bits per heavy atom. The number of rotatable bonds is 3. The molecule has 1 N–H and O–H groups in total. The summed E-state index contributed by atoms with van der Waals surface area (Å²) in [7, 11) is 0. The molecule has 19 heavy (non-hydrogen) atoms. The van der Waals surface area contributed by atoms with Crippen LogP contribution in [0.25, 0.3) is 0 Å². The molecule has 0 radical (unpaired) electrons. The zero-order valence-corrected chi connectivity index (χ0v) is 11.1. The topological polar surface area (TPSA) is 50.2 Å². The second-order valence-electron chi connectivity index (χ2n) is 5.23. The first-order valence-electron chi connectivity index (χ1n) is 7.00. The molecule has 102 valence electrons. The molecule has 0 unspecified atom stereocenters. The number of amides is 1. The molecule has 0 saturated carbocycles. The van der Waals surface area contributed by atoms with E-state index in [1.54, 1.807) is 6.20 Å². The summed E-state index contributed by atoms with van der Waals surface area (Å²) in [5.74, 6) is 0.638. The van der Waals surface area contributed by atoms with Gasteiger partial charge in [0, 0.05) is 37.4 Å². The van der Waals surface area contributed by atoms with Crippen LogP contribution >= 0.6 is 0 Å². The lowest BCUT2D eigenvalue weighted by Crippen LogP contribution is -2.34. The Labute approximate surface area is 113 Å². The fourth-order valence-electron chi connectivity index (χ4n) is 2.84. The first-order chi connectivity index (χ1) is 9.34. The number of nitrogens with one attached hydrogen (secondary N) is 1. The van der Waals surface area contributed by atoms with Gasteiger partial charge in [-0.15, -0.1) is 0 Å². The summed E-state index contributed by atoms with van der Waals surface area (Å²) in [6.07, 6.45) is 8.25. The second kappa shape index (κ2) is 5.57. The molecule has 5 nitrogen and oxygen atoms in total. The minimum Gasteiger partial charge on any atom is -0.334 e. The predicted molar refractivity (Wildman–Crippen MR) is 72.8 cm³/mol. The van der Waals surface area contributed by atoms with Gasteiger partial charge in [0.05, 0.1) is 0 Å². The van der Waals surface area contributed by atoms with Crippen LogP contribution in [0.5, 0.6) is 0 Å². The van der Waals surface area contributed by atoms with Gasteiger partial charge in [0.2, 0.25) is 5.91 Å². The summed E-state index contributed by atoms with van der Waals surface area (Å²) in [4.78, 5) is 14.0. The minimum atomic E-state index is 0.152. The van der Waals surface area contributed by atoms with Crippen LogP contribution in [-0.4, -0.2) is 46.8 Å². The Bertz CT molecular complexity index is 466. The highest BCUT2D eigenvalue weighted by atomic mass is 16.2. The van der Waals surface area contributed by atoms with Gasteiger partial charge in [0.15, 0.2) is 0 Å². The maximum absolute atomic E-state index is 12.2. The highest BCUT2D eigenvalue weighted by Crippen LogP contribution is 2.22. The number of piperidine rings is 1. The maximum Gasteiger partial charge on any atom is 0.244 e. The smallest absolute Gasteiger partial charge is 0.244 e. The summed E-state index contributed by atoms with van der Waals surface area (Å²) in [5.41, 5.74) is 1.19. The van der Waals surface area contributed by atoms with Gasteiger partial charge < -0.3 is 10.2 Å². The van der Waals surface area contributed by atoms with Crippen molar-refractivity contribution in [1.29, 1.82) is 0 Å². The normalized spacial score (nSPS) is 22.9. The Morgan fingerprint density at radius 1 is 1.42 bits per heavy atom. The number of carbonyl (C=O) groups excluding carboxylic acids is 1. The fourth-order valence-corrected chi connectivity index (χ4v) is 2.84. The zero-order valence-electron chi connectivity index (χ0n) is 11.1. The molecule has 3 heterocycles. The maximum atomic E-state index is 12.2. The van der Waals surface area contributed by atoms with Crippen LogP contribution in [0, 0.1) is 0 Å². The zero-order chi connectivity index (χ0) is 13.1. The number of hydrogen-bond acceptors (Lipinski definition) is 3. The first kappa shape index (κ1) is 12.4. The van der Waals surface area contributed by atoms with Gasteiger partial charge in [-0.05, 0) is 25.5 Å². The van der Waals surface area contributed by atoms with E-state index in [4.69, 9.17) is 0 Å². The van der Waals surface area contributed by atoms with E-state index >= 15 is 0 Å². The lowest BCUT2D eigenvalue weighted by Gasteiger charge is -2.24. The standard InChI is InChI=1S/C14H20N4O/c19-14(17-8-1-2-9-17)11-18-13(5-7-16-18)12-4-3-6-15-10-12/h1-2,5,7,12,15H,3-4,6,8-11H2/t12-/m0/s1. The van der Waals surface area contributed by atoms with E-state index in [0.29, 0.717) is 12.5 Å². The number of aromatic nitrogens is 2. The SMILES string of the molecule is O=C(Cn1nccc1[C@H]1CCCNC1)N1CC=CC1. The molecule has 1 aromatic rings. The van der Waals surface area contributed by atoms with E-state index in [1.165, 1.54) is 18.5 Å². The van der Waals surface area contributed by atoms with Gasteiger partial charge in [0.1, 0.15) is 6.54 Å². The average Bonchev–Trinajstić information content (AvgIpc) is 3.11. The van der Waals surface area contributed by atoms with Crippen molar-refractivity contribution >= 4 is 5.91 Å². The molecule has 0 aliphatic carbocycles. The molecule has 0 bridgehead atoms. The summed E-state index contributed by atoms with van der Waals surface area (Å²) in [5, 5.41) is 7.74. The van der Waals surface area contributed by atoms with E-state index in [1.807, 2.05) is 27.8 Å². The molecule has 1 saturated heterocycles. The highest BCUT2D eigenvalue weighted by molar-refractivity contribution is 5.76. The first-order valence-corrected chi connectivity index (χ1v) is 7.00. The molecule has 2 aliphatic rings. The molecule has 1 atom stereocenters. The van der Waals surface area contributed by atoms with Crippen molar-refractivity contribution in [3.8, 4) is 0 Å². The molecule has 5 heteroatoms. The third-order valence-corrected chi connectivity index (χ3v) is 3.92. The van der Waals surface area contributed by atoms with E-state index in [9.17, 15) is 4.79 Å². The lowest BCUT2D eigenvalue weighted by molar-refractivity contribution is -0.130. The van der Waals surface area contributed by atoms with Crippen molar-refractivity contribution in [3.63, 3.8) is 0 Å². The molecular formula is C14H20N4O. The van der Waals surface area contributed by atoms with Gasteiger partial charge in [0.25, 0.3) is 0 Å². The highest BCUT2D eigenvalue weighted by Gasteiger charge is 2.21. The van der Waals surface area contributed by atoms with Crippen LogP contribution in [0.2, 0.25) is 0 Å². The van der Waals surface area contributed by atoms with Crippen molar-refractivity contribution in [1.82, 2.24) is 20.0 Å². The molecule has 2 aliphatic heterocycles. The van der Waals surface area contributed by atoms with Crippen molar-refractivity contribution in [2.24, 2.45) is 0 Å². The van der Waals surface area contributed by atoms with Gasteiger partial charge in [-0.1, -0.05) is 12.2 Å². The Morgan fingerprint density at radius 2 is 2.26 bits per heavy atom. The molecule has 0 spiro atoms. The predicted octanol–water partition coefficient (Wildman–Crippen LogP) is 0.748. The molecule has 0 aromatic carbocycles. The molecule has 1 amide bonds. The summed E-state index contributed by atoms with van der Waals surface area (Å²) >= 11 is 0. The number of carbonyl (C=O) groups is 1. The van der Waals surface area contributed by atoms with E-state index in [-0.39, 0.29) is 5.91 Å². The van der Waals surface area contributed by atoms with Gasteiger partial charge in [-0.25, -0.2) is 0 Å². The van der Waals surface area contributed by atoms with Crippen LogP contribution in [0.4, 0.5) is 0 Å². The van der Waals surface area contributed by atoms with Gasteiger partial charge in [-0.3, -0.25) is 9.48 Å². The Balaban J connectivity index is 1.67. The average molecular weight is 260 g/mol. The third-order valence-electron chi connectivity index (χ3n) is 3.92. The quantitative estimate of drug-likeness (QED) is 0.816. The fraction of sp³-hybridized carbons (Fsp3) is 0.571.